The summed E-state index contributed by atoms with van der Waals surface area (Å²) in [6.45, 7) is 5.92. The van der Waals surface area contributed by atoms with E-state index in [1.165, 1.54) is 36.8 Å². The lowest BCUT2D eigenvalue weighted by Crippen LogP contribution is -2.25. The predicted molar refractivity (Wildman–Crippen MR) is 76.4 cm³/mol. The van der Waals surface area contributed by atoms with E-state index in [2.05, 4.69) is 50.1 Å². The lowest BCUT2D eigenvalue weighted by atomic mass is 10.00. The summed E-state index contributed by atoms with van der Waals surface area (Å²) in [5, 5.41) is 3.41. The van der Waals surface area contributed by atoms with Gasteiger partial charge in [0, 0.05) is 6.04 Å². The minimum atomic E-state index is 0.635. The van der Waals surface area contributed by atoms with Crippen LogP contribution in [0.4, 0.5) is 0 Å². The Labute approximate surface area is 106 Å². The average molecular weight is 231 g/mol. The Hall–Kier alpha value is -1.08. The summed E-state index contributed by atoms with van der Waals surface area (Å²) in [6, 6.07) is 9.45. The van der Waals surface area contributed by atoms with E-state index in [1.807, 2.05) is 6.08 Å². The molecule has 1 heteroatoms. The van der Waals surface area contributed by atoms with Gasteiger partial charge in [-0.25, -0.2) is 0 Å². The molecule has 1 atom stereocenters. The summed E-state index contributed by atoms with van der Waals surface area (Å²) in [6.07, 6.45) is 8.01. The van der Waals surface area contributed by atoms with Gasteiger partial charge >= 0.3 is 0 Å². The third kappa shape index (κ3) is 5.69. The van der Waals surface area contributed by atoms with Crippen molar-refractivity contribution in [3.8, 4) is 0 Å². The molecule has 0 aliphatic heterocycles. The summed E-state index contributed by atoms with van der Waals surface area (Å²) < 4.78 is 0. The van der Waals surface area contributed by atoms with Crippen molar-refractivity contribution in [1.82, 2.24) is 5.32 Å². The van der Waals surface area contributed by atoms with E-state index in [0.717, 1.165) is 6.42 Å². The van der Waals surface area contributed by atoms with Crippen LogP contribution in [0.2, 0.25) is 0 Å². The van der Waals surface area contributed by atoms with Crippen LogP contribution in [-0.2, 0) is 6.42 Å². The molecule has 1 N–H and O–H groups in total. The van der Waals surface area contributed by atoms with E-state index in [-0.39, 0.29) is 0 Å². The molecule has 1 aromatic carbocycles. The Morgan fingerprint density at radius 2 is 2.18 bits per heavy atom. The van der Waals surface area contributed by atoms with Crippen LogP contribution in [0.25, 0.3) is 0 Å². The third-order valence-corrected chi connectivity index (χ3v) is 3.23. The smallest absolute Gasteiger partial charge is 0.00673 e. The molecular formula is C16H25N. The molecular weight excluding hydrogens is 206 g/mol. The summed E-state index contributed by atoms with van der Waals surface area (Å²) in [5.74, 6) is 0. The highest BCUT2D eigenvalue weighted by molar-refractivity contribution is 5.22. The molecule has 0 spiro atoms. The van der Waals surface area contributed by atoms with Crippen LogP contribution in [-0.4, -0.2) is 13.1 Å². The number of hydrogen-bond donors (Lipinski definition) is 1. The molecule has 0 fully saturated rings. The first-order valence-corrected chi connectivity index (χ1v) is 6.60. The van der Waals surface area contributed by atoms with Crippen molar-refractivity contribution >= 4 is 0 Å². The zero-order valence-corrected chi connectivity index (χ0v) is 11.2. The highest BCUT2D eigenvalue weighted by Crippen LogP contribution is 2.11. The van der Waals surface area contributed by atoms with Crippen LogP contribution in [0.15, 0.2) is 36.9 Å². The molecule has 1 nitrogen and oxygen atoms in total. The Morgan fingerprint density at radius 1 is 1.35 bits per heavy atom. The van der Waals surface area contributed by atoms with Gasteiger partial charge in [-0.15, -0.1) is 6.58 Å². The molecule has 1 unspecified atom stereocenters. The molecule has 0 bridgehead atoms. The van der Waals surface area contributed by atoms with Gasteiger partial charge in [0.2, 0.25) is 0 Å². The maximum atomic E-state index is 3.77. The minimum absolute atomic E-state index is 0.635. The van der Waals surface area contributed by atoms with Gasteiger partial charge in [0.25, 0.3) is 0 Å². The molecule has 0 aliphatic rings. The first kappa shape index (κ1) is 14.0. The summed E-state index contributed by atoms with van der Waals surface area (Å²) in [4.78, 5) is 0. The van der Waals surface area contributed by atoms with Crippen molar-refractivity contribution in [1.29, 1.82) is 0 Å². The summed E-state index contributed by atoms with van der Waals surface area (Å²) in [5.41, 5.74) is 2.81. The second-order valence-electron chi connectivity index (χ2n) is 4.73. The third-order valence-electron chi connectivity index (χ3n) is 3.23. The van der Waals surface area contributed by atoms with Crippen LogP contribution in [0.3, 0.4) is 0 Å². The first-order chi connectivity index (χ1) is 8.26. The van der Waals surface area contributed by atoms with Crippen LogP contribution in [0.1, 0.15) is 36.8 Å². The van der Waals surface area contributed by atoms with Crippen molar-refractivity contribution in [2.45, 2.75) is 45.1 Å². The first-order valence-electron chi connectivity index (χ1n) is 6.60. The molecule has 1 aromatic rings. The molecule has 0 aromatic heterocycles. The van der Waals surface area contributed by atoms with E-state index < -0.39 is 0 Å². The van der Waals surface area contributed by atoms with Gasteiger partial charge in [-0.05, 0) is 51.6 Å². The van der Waals surface area contributed by atoms with Crippen molar-refractivity contribution in [3.63, 3.8) is 0 Å². The molecule has 0 saturated carbocycles. The molecule has 0 amide bonds. The van der Waals surface area contributed by atoms with Gasteiger partial charge in [-0.3, -0.25) is 0 Å². The largest absolute Gasteiger partial charge is 0.317 e. The highest BCUT2D eigenvalue weighted by Gasteiger charge is 2.05. The van der Waals surface area contributed by atoms with Crippen LogP contribution in [0, 0.1) is 6.92 Å². The van der Waals surface area contributed by atoms with Crippen molar-refractivity contribution in [3.05, 3.63) is 48.0 Å². The van der Waals surface area contributed by atoms with Gasteiger partial charge < -0.3 is 5.32 Å². The predicted octanol–water partition coefficient (Wildman–Crippen LogP) is 3.87. The number of aryl methyl sites for hydroxylation is 2. The molecule has 1 rings (SSSR count). The Morgan fingerprint density at radius 3 is 2.82 bits per heavy atom. The van der Waals surface area contributed by atoms with Crippen molar-refractivity contribution in [2.24, 2.45) is 0 Å². The second-order valence-corrected chi connectivity index (χ2v) is 4.73. The van der Waals surface area contributed by atoms with E-state index in [9.17, 15) is 0 Å². The molecule has 0 saturated heterocycles. The normalized spacial score (nSPS) is 12.4. The Balaban J connectivity index is 2.34. The quantitative estimate of drug-likeness (QED) is 0.529. The molecule has 94 valence electrons. The Kier molecular flexibility index (Phi) is 6.64. The number of benzene rings is 1. The van der Waals surface area contributed by atoms with Gasteiger partial charge in [-0.1, -0.05) is 35.9 Å². The maximum Gasteiger partial charge on any atom is 0.00673 e. The van der Waals surface area contributed by atoms with E-state index in [0.29, 0.717) is 6.04 Å². The fraction of sp³-hybridized carbons (Fsp3) is 0.500. The van der Waals surface area contributed by atoms with Crippen LogP contribution < -0.4 is 5.32 Å². The molecule has 17 heavy (non-hydrogen) atoms. The van der Waals surface area contributed by atoms with Crippen LogP contribution >= 0.6 is 0 Å². The molecule has 0 heterocycles. The number of nitrogens with one attached hydrogen (secondary N) is 1. The molecule has 0 aliphatic carbocycles. The fourth-order valence-electron chi connectivity index (χ4n) is 2.15. The number of rotatable bonds is 8. The Bertz CT molecular complexity index is 330. The average Bonchev–Trinajstić information content (AvgIpc) is 2.34. The number of hydrogen-bond acceptors (Lipinski definition) is 1. The minimum Gasteiger partial charge on any atom is -0.317 e. The fourth-order valence-corrected chi connectivity index (χ4v) is 2.15. The number of unbranched alkanes of at least 4 members (excludes halogenated alkanes) is 1. The van der Waals surface area contributed by atoms with Gasteiger partial charge in [0.15, 0.2) is 0 Å². The summed E-state index contributed by atoms with van der Waals surface area (Å²) >= 11 is 0. The van der Waals surface area contributed by atoms with Crippen molar-refractivity contribution in [2.75, 3.05) is 7.05 Å². The lowest BCUT2D eigenvalue weighted by Gasteiger charge is -2.15. The maximum absolute atomic E-state index is 3.77. The standard InChI is InChI=1S/C16H25N/c1-4-5-6-10-16(17-3)12-11-15-9-7-8-14(2)13-15/h4,7-9,13,16-17H,1,5-6,10-12H2,2-3H3. The van der Waals surface area contributed by atoms with Crippen molar-refractivity contribution < 1.29 is 0 Å². The topological polar surface area (TPSA) is 12.0 Å². The highest BCUT2D eigenvalue weighted by atomic mass is 14.9. The lowest BCUT2D eigenvalue weighted by molar-refractivity contribution is 0.476. The second kappa shape index (κ2) is 8.08. The van der Waals surface area contributed by atoms with E-state index >= 15 is 0 Å². The SMILES string of the molecule is C=CCCCC(CCc1cccc(C)c1)NC. The summed E-state index contributed by atoms with van der Waals surface area (Å²) in [7, 11) is 2.06. The van der Waals surface area contributed by atoms with Crippen LogP contribution in [0.5, 0.6) is 0 Å². The van der Waals surface area contributed by atoms with Gasteiger partial charge in [0.1, 0.15) is 0 Å². The van der Waals surface area contributed by atoms with E-state index in [1.54, 1.807) is 0 Å². The zero-order valence-electron chi connectivity index (χ0n) is 11.2. The zero-order chi connectivity index (χ0) is 12.5. The van der Waals surface area contributed by atoms with Gasteiger partial charge in [-0.2, -0.15) is 0 Å². The number of allylic oxidation sites excluding steroid dienone is 1. The van der Waals surface area contributed by atoms with Gasteiger partial charge in [0.05, 0.1) is 0 Å². The monoisotopic (exact) mass is 231 g/mol. The molecule has 0 radical (unpaired) electrons. The van der Waals surface area contributed by atoms with E-state index in [4.69, 9.17) is 0 Å².